The number of nitrogens with zero attached hydrogens (tertiary/aromatic N) is 1. The van der Waals surface area contributed by atoms with Gasteiger partial charge in [-0.2, -0.15) is 0 Å². The minimum Gasteiger partial charge on any atom is -0.459 e. The highest BCUT2D eigenvalue weighted by molar-refractivity contribution is 5.96. The lowest BCUT2D eigenvalue weighted by Crippen LogP contribution is -2.31. The molecule has 1 aromatic carbocycles. The molecular weight excluding hydrogens is 306 g/mol. The summed E-state index contributed by atoms with van der Waals surface area (Å²) in [5.41, 5.74) is 0.314. The molecule has 0 radical (unpaired) electrons. The largest absolute Gasteiger partial charge is 0.459 e. The Morgan fingerprint density at radius 2 is 2.13 bits per heavy atom. The minimum atomic E-state index is -0.995. The average molecular weight is 320 g/mol. The molecule has 2 aromatic rings. The lowest BCUT2D eigenvalue weighted by atomic mass is 10.1. The van der Waals surface area contributed by atoms with Crippen molar-refractivity contribution >= 4 is 17.5 Å². The molecule has 23 heavy (non-hydrogen) atoms. The second-order valence-corrected chi connectivity index (χ2v) is 5.36. The number of rotatable bonds is 4. The molecule has 5 nitrogen and oxygen atoms in total. The molecule has 1 N–H and O–H groups in total. The van der Waals surface area contributed by atoms with Gasteiger partial charge in [0, 0.05) is 37.2 Å². The van der Waals surface area contributed by atoms with Gasteiger partial charge in [0.1, 0.15) is 0 Å². The number of amides is 2. The number of carbonyl (C=O) groups excluding carboxylic acids is 2. The van der Waals surface area contributed by atoms with Crippen molar-refractivity contribution in [2.45, 2.75) is 6.42 Å². The molecule has 1 atom stereocenters. The molecule has 2 amide bonds. The molecule has 0 aliphatic carbocycles. The van der Waals surface area contributed by atoms with E-state index >= 15 is 0 Å². The van der Waals surface area contributed by atoms with Crippen molar-refractivity contribution in [2.75, 3.05) is 18.0 Å². The third-order valence-electron chi connectivity index (χ3n) is 3.72. The zero-order valence-electron chi connectivity index (χ0n) is 12.1. The highest BCUT2D eigenvalue weighted by Crippen LogP contribution is 2.26. The lowest BCUT2D eigenvalue weighted by molar-refractivity contribution is -0.117. The smallest absolute Gasteiger partial charge is 0.286 e. The molecule has 0 saturated carbocycles. The van der Waals surface area contributed by atoms with Gasteiger partial charge in [-0.1, -0.05) is 0 Å². The van der Waals surface area contributed by atoms with E-state index in [2.05, 4.69) is 5.32 Å². The van der Waals surface area contributed by atoms with Crippen molar-refractivity contribution in [3.05, 3.63) is 54.0 Å². The fourth-order valence-electron chi connectivity index (χ4n) is 2.55. The summed E-state index contributed by atoms with van der Waals surface area (Å²) >= 11 is 0. The summed E-state index contributed by atoms with van der Waals surface area (Å²) in [5, 5.41) is 2.69. The predicted molar refractivity (Wildman–Crippen MR) is 77.9 cm³/mol. The highest BCUT2D eigenvalue weighted by Gasteiger charge is 2.31. The normalized spacial score (nSPS) is 17.6. The Bertz CT molecular complexity index is 731. The number of benzene rings is 1. The molecule has 1 aliphatic rings. The standard InChI is InChI=1S/C16H14F2N2O3/c17-12-4-3-11(7-13(12)18)20-9-10(6-15(20)21)8-19-16(22)14-2-1-5-23-14/h1-5,7,10H,6,8-9H2,(H,19,22). The van der Waals surface area contributed by atoms with Crippen molar-refractivity contribution in [2.24, 2.45) is 5.92 Å². The number of hydrogen-bond acceptors (Lipinski definition) is 3. The molecule has 1 saturated heterocycles. The summed E-state index contributed by atoms with van der Waals surface area (Å²) in [4.78, 5) is 25.2. The molecule has 0 spiro atoms. The molecule has 1 fully saturated rings. The van der Waals surface area contributed by atoms with E-state index < -0.39 is 11.6 Å². The number of halogens is 2. The molecule has 7 heteroatoms. The summed E-state index contributed by atoms with van der Waals surface area (Å²) in [6.07, 6.45) is 1.64. The van der Waals surface area contributed by atoms with Crippen molar-refractivity contribution in [1.29, 1.82) is 0 Å². The number of nitrogens with one attached hydrogen (secondary N) is 1. The molecule has 1 aromatic heterocycles. The van der Waals surface area contributed by atoms with E-state index in [4.69, 9.17) is 4.42 Å². The van der Waals surface area contributed by atoms with E-state index in [1.54, 1.807) is 12.1 Å². The second-order valence-electron chi connectivity index (χ2n) is 5.36. The average Bonchev–Trinajstić information content (AvgIpc) is 3.17. The van der Waals surface area contributed by atoms with Crippen LogP contribution in [0.1, 0.15) is 17.0 Å². The van der Waals surface area contributed by atoms with Crippen molar-refractivity contribution in [3.63, 3.8) is 0 Å². The Morgan fingerprint density at radius 1 is 1.30 bits per heavy atom. The van der Waals surface area contributed by atoms with Gasteiger partial charge in [0.25, 0.3) is 5.91 Å². The van der Waals surface area contributed by atoms with Gasteiger partial charge in [0.15, 0.2) is 17.4 Å². The van der Waals surface area contributed by atoms with Crippen molar-refractivity contribution < 1.29 is 22.8 Å². The van der Waals surface area contributed by atoms with Crippen LogP contribution in [-0.4, -0.2) is 24.9 Å². The molecule has 3 rings (SSSR count). The van der Waals surface area contributed by atoms with Crippen LogP contribution in [0.25, 0.3) is 0 Å². The first kappa shape index (κ1) is 15.2. The Hall–Kier alpha value is -2.70. The molecule has 1 aliphatic heterocycles. The zero-order valence-corrected chi connectivity index (χ0v) is 12.1. The van der Waals surface area contributed by atoms with Crippen LogP contribution in [0.2, 0.25) is 0 Å². The van der Waals surface area contributed by atoms with Crippen LogP contribution in [0.3, 0.4) is 0 Å². The second kappa shape index (κ2) is 6.20. The first-order chi connectivity index (χ1) is 11.0. The highest BCUT2D eigenvalue weighted by atomic mass is 19.2. The van der Waals surface area contributed by atoms with Crippen LogP contribution in [0.4, 0.5) is 14.5 Å². The van der Waals surface area contributed by atoms with Crippen molar-refractivity contribution in [1.82, 2.24) is 5.32 Å². The fraction of sp³-hybridized carbons (Fsp3) is 0.250. The molecule has 2 heterocycles. The minimum absolute atomic E-state index is 0.102. The van der Waals surface area contributed by atoms with Crippen LogP contribution < -0.4 is 10.2 Å². The van der Waals surface area contributed by atoms with Gasteiger partial charge < -0.3 is 14.6 Å². The Kier molecular flexibility index (Phi) is 4.10. The van der Waals surface area contributed by atoms with Crippen LogP contribution in [0.5, 0.6) is 0 Å². The fourth-order valence-corrected chi connectivity index (χ4v) is 2.55. The third kappa shape index (κ3) is 3.23. The van der Waals surface area contributed by atoms with E-state index in [0.717, 1.165) is 12.1 Å². The number of hydrogen-bond donors (Lipinski definition) is 1. The number of anilines is 1. The first-order valence-electron chi connectivity index (χ1n) is 7.11. The third-order valence-corrected chi connectivity index (χ3v) is 3.72. The topological polar surface area (TPSA) is 62.6 Å². The summed E-state index contributed by atoms with van der Waals surface area (Å²) in [5.74, 6) is -2.39. The Labute approximate surface area is 130 Å². The van der Waals surface area contributed by atoms with E-state index in [0.29, 0.717) is 18.8 Å². The van der Waals surface area contributed by atoms with E-state index in [1.165, 1.54) is 17.2 Å². The molecule has 120 valence electrons. The summed E-state index contributed by atoms with van der Waals surface area (Å²) in [7, 11) is 0. The van der Waals surface area contributed by atoms with Gasteiger partial charge in [0.2, 0.25) is 5.91 Å². The Balaban J connectivity index is 1.61. The van der Waals surface area contributed by atoms with Crippen LogP contribution in [0.15, 0.2) is 41.0 Å². The summed E-state index contributed by atoms with van der Waals surface area (Å²) in [6.45, 7) is 0.633. The number of carbonyl (C=O) groups is 2. The van der Waals surface area contributed by atoms with Crippen LogP contribution >= 0.6 is 0 Å². The Morgan fingerprint density at radius 3 is 2.83 bits per heavy atom. The maximum atomic E-state index is 13.3. The van der Waals surface area contributed by atoms with Crippen LogP contribution in [0, 0.1) is 17.6 Å². The van der Waals surface area contributed by atoms with Gasteiger partial charge in [-0.3, -0.25) is 9.59 Å². The number of furan rings is 1. The first-order valence-corrected chi connectivity index (χ1v) is 7.11. The maximum absolute atomic E-state index is 13.3. The monoisotopic (exact) mass is 320 g/mol. The van der Waals surface area contributed by atoms with Crippen LogP contribution in [-0.2, 0) is 4.79 Å². The summed E-state index contributed by atoms with van der Waals surface area (Å²) < 4.78 is 31.2. The quantitative estimate of drug-likeness (QED) is 0.940. The van der Waals surface area contributed by atoms with E-state index in [1.807, 2.05) is 0 Å². The van der Waals surface area contributed by atoms with Crippen molar-refractivity contribution in [3.8, 4) is 0 Å². The molecule has 1 unspecified atom stereocenters. The molecule has 0 bridgehead atoms. The summed E-state index contributed by atoms with van der Waals surface area (Å²) in [6, 6.07) is 6.50. The zero-order chi connectivity index (χ0) is 16.4. The molecular formula is C16H14F2N2O3. The predicted octanol–water partition coefficient (Wildman–Crippen LogP) is 2.34. The van der Waals surface area contributed by atoms with Gasteiger partial charge >= 0.3 is 0 Å². The van der Waals surface area contributed by atoms with Gasteiger partial charge in [0.05, 0.1) is 6.26 Å². The van der Waals surface area contributed by atoms with Gasteiger partial charge in [-0.15, -0.1) is 0 Å². The lowest BCUT2D eigenvalue weighted by Gasteiger charge is -2.17. The van der Waals surface area contributed by atoms with E-state index in [-0.39, 0.29) is 29.9 Å². The SMILES string of the molecule is O=C(NCC1CC(=O)N(c2ccc(F)c(F)c2)C1)c1ccco1. The van der Waals surface area contributed by atoms with E-state index in [9.17, 15) is 18.4 Å². The van der Waals surface area contributed by atoms with Gasteiger partial charge in [-0.25, -0.2) is 8.78 Å². The van der Waals surface area contributed by atoms with Gasteiger partial charge in [-0.05, 0) is 24.3 Å². The maximum Gasteiger partial charge on any atom is 0.286 e.